The smallest absolute Gasteiger partial charge is 0.338 e. The third kappa shape index (κ3) is 3.91. The third-order valence-corrected chi connectivity index (χ3v) is 3.59. The molecule has 110 valence electrons. The van der Waals surface area contributed by atoms with Crippen LogP contribution in [-0.2, 0) is 6.42 Å². The Morgan fingerprint density at radius 3 is 2.81 bits per heavy atom. The van der Waals surface area contributed by atoms with Gasteiger partial charge in [-0.15, -0.1) is 0 Å². The molecule has 6 nitrogen and oxygen atoms in total. The second-order valence-corrected chi connectivity index (χ2v) is 5.48. The number of pyridine rings is 1. The van der Waals surface area contributed by atoms with Crippen LogP contribution >= 0.6 is 11.8 Å². The van der Waals surface area contributed by atoms with Crippen molar-refractivity contribution < 1.29 is 9.90 Å². The number of carbonyl (C=O) groups is 1. The zero-order valence-electron chi connectivity index (χ0n) is 11.7. The fourth-order valence-electron chi connectivity index (χ4n) is 1.78. The Balaban J connectivity index is 2.40. The monoisotopic (exact) mass is 305 g/mol. The number of aryl methyl sites for hydroxylation is 2. The van der Waals surface area contributed by atoms with Gasteiger partial charge in [-0.3, -0.25) is 4.79 Å². The maximum Gasteiger partial charge on any atom is 0.338 e. The molecule has 0 aromatic carbocycles. The highest BCUT2D eigenvalue weighted by Gasteiger charge is 2.14. The van der Waals surface area contributed by atoms with E-state index >= 15 is 0 Å². The summed E-state index contributed by atoms with van der Waals surface area (Å²) in [5, 5.41) is 9.85. The number of nitrogens with one attached hydrogen (secondary N) is 1. The average Bonchev–Trinajstić information content (AvgIpc) is 2.38. The SMILES string of the molecule is CCCc1cc(=O)[nH]c(Sc2nc(C)ccc2C(=O)O)n1. The predicted molar refractivity (Wildman–Crippen MR) is 78.9 cm³/mol. The largest absolute Gasteiger partial charge is 0.478 e. The Kier molecular flexibility index (Phi) is 4.74. The second-order valence-electron chi connectivity index (χ2n) is 4.50. The number of hydrogen-bond donors (Lipinski definition) is 2. The molecule has 0 unspecified atom stereocenters. The Hall–Kier alpha value is -2.15. The normalized spacial score (nSPS) is 10.6. The molecular weight excluding hydrogens is 290 g/mol. The minimum Gasteiger partial charge on any atom is -0.478 e. The highest BCUT2D eigenvalue weighted by molar-refractivity contribution is 7.99. The number of aromatic amines is 1. The Bertz CT molecular complexity index is 728. The zero-order valence-corrected chi connectivity index (χ0v) is 12.5. The summed E-state index contributed by atoms with van der Waals surface area (Å²) in [6.45, 7) is 3.78. The van der Waals surface area contributed by atoms with E-state index in [0.717, 1.165) is 18.2 Å². The summed E-state index contributed by atoms with van der Waals surface area (Å²) in [5.41, 5.74) is 1.23. The van der Waals surface area contributed by atoms with Crippen LogP contribution in [0.25, 0.3) is 0 Å². The van der Waals surface area contributed by atoms with Gasteiger partial charge in [0.15, 0.2) is 5.16 Å². The third-order valence-electron chi connectivity index (χ3n) is 2.70. The van der Waals surface area contributed by atoms with Crippen molar-refractivity contribution in [1.82, 2.24) is 15.0 Å². The van der Waals surface area contributed by atoms with Crippen LogP contribution in [0.4, 0.5) is 0 Å². The first-order chi connectivity index (χ1) is 9.99. The molecule has 0 spiro atoms. The Labute approximate surface area is 125 Å². The van der Waals surface area contributed by atoms with Crippen LogP contribution in [0.1, 0.15) is 35.1 Å². The number of aromatic nitrogens is 3. The Morgan fingerprint density at radius 2 is 2.14 bits per heavy atom. The maximum atomic E-state index is 11.6. The summed E-state index contributed by atoms with van der Waals surface area (Å²) in [6.07, 6.45) is 1.58. The van der Waals surface area contributed by atoms with E-state index in [-0.39, 0.29) is 11.1 Å². The van der Waals surface area contributed by atoms with Crippen LogP contribution in [0.5, 0.6) is 0 Å². The summed E-state index contributed by atoms with van der Waals surface area (Å²) in [4.78, 5) is 34.0. The molecule has 0 saturated carbocycles. The van der Waals surface area contributed by atoms with Gasteiger partial charge in [-0.1, -0.05) is 13.3 Å². The number of rotatable bonds is 5. The lowest BCUT2D eigenvalue weighted by molar-refractivity contribution is 0.0692. The van der Waals surface area contributed by atoms with Crippen LogP contribution in [0.2, 0.25) is 0 Å². The lowest BCUT2D eigenvalue weighted by Crippen LogP contribution is -2.10. The second kappa shape index (κ2) is 6.53. The van der Waals surface area contributed by atoms with Gasteiger partial charge in [-0.2, -0.15) is 0 Å². The molecule has 2 aromatic rings. The van der Waals surface area contributed by atoms with Crippen LogP contribution < -0.4 is 5.56 Å². The van der Waals surface area contributed by atoms with Gasteiger partial charge in [0.2, 0.25) is 0 Å². The molecule has 7 heteroatoms. The first-order valence-electron chi connectivity index (χ1n) is 6.48. The lowest BCUT2D eigenvalue weighted by Gasteiger charge is -2.06. The molecule has 0 aliphatic heterocycles. The number of carboxylic acid groups (broad SMARTS) is 1. The fourth-order valence-corrected chi connectivity index (χ4v) is 2.73. The molecule has 0 aliphatic rings. The average molecular weight is 305 g/mol. The van der Waals surface area contributed by atoms with E-state index < -0.39 is 5.97 Å². The van der Waals surface area contributed by atoms with Gasteiger partial charge in [0.1, 0.15) is 5.03 Å². The van der Waals surface area contributed by atoms with Crippen LogP contribution in [0, 0.1) is 6.92 Å². The summed E-state index contributed by atoms with van der Waals surface area (Å²) in [6, 6.07) is 4.59. The highest BCUT2D eigenvalue weighted by Crippen LogP contribution is 2.26. The maximum absolute atomic E-state index is 11.6. The molecule has 2 aromatic heterocycles. The lowest BCUT2D eigenvalue weighted by atomic mass is 10.2. The molecule has 0 bridgehead atoms. The van der Waals surface area contributed by atoms with Crippen molar-refractivity contribution in [1.29, 1.82) is 0 Å². The van der Waals surface area contributed by atoms with E-state index in [1.807, 2.05) is 6.92 Å². The van der Waals surface area contributed by atoms with Gasteiger partial charge in [0.25, 0.3) is 5.56 Å². The standard InChI is InChI=1S/C14H15N3O3S/c1-3-4-9-7-11(18)17-14(16-9)21-12-10(13(19)20)6-5-8(2)15-12/h5-7H,3-4H2,1-2H3,(H,19,20)(H,16,17,18). The van der Waals surface area contributed by atoms with Gasteiger partial charge in [-0.25, -0.2) is 14.8 Å². The van der Waals surface area contributed by atoms with E-state index in [4.69, 9.17) is 0 Å². The van der Waals surface area contributed by atoms with E-state index in [1.165, 1.54) is 12.1 Å². The summed E-state index contributed by atoms with van der Waals surface area (Å²) in [5.74, 6) is -1.06. The molecule has 0 aliphatic carbocycles. The minimum atomic E-state index is -1.06. The molecule has 2 rings (SSSR count). The van der Waals surface area contributed by atoms with Crippen molar-refractivity contribution in [2.24, 2.45) is 0 Å². The molecule has 0 amide bonds. The van der Waals surface area contributed by atoms with Crippen LogP contribution in [0.15, 0.2) is 33.2 Å². The van der Waals surface area contributed by atoms with Gasteiger partial charge >= 0.3 is 5.97 Å². The Morgan fingerprint density at radius 1 is 1.38 bits per heavy atom. The van der Waals surface area contributed by atoms with Gasteiger partial charge in [-0.05, 0) is 37.2 Å². The van der Waals surface area contributed by atoms with Crippen molar-refractivity contribution in [3.63, 3.8) is 0 Å². The van der Waals surface area contributed by atoms with Crippen molar-refractivity contribution in [3.05, 3.63) is 45.5 Å². The molecule has 2 N–H and O–H groups in total. The van der Waals surface area contributed by atoms with Crippen molar-refractivity contribution >= 4 is 17.7 Å². The quantitative estimate of drug-likeness (QED) is 0.823. The predicted octanol–water partition coefficient (Wildman–Crippen LogP) is 2.28. The molecule has 0 atom stereocenters. The molecular formula is C14H15N3O3S. The fraction of sp³-hybridized carbons (Fsp3) is 0.286. The molecule has 0 saturated heterocycles. The van der Waals surface area contributed by atoms with Crippen LogP contribution in [-0.4, -0.2) is 26.0 Å². The zero-order chi connectivity index (χ0) is 15.4. The van der Waals surface area contributed by atoms with Crippen molar-refractivity contribution in [3.8, 4) is 0 Å². The van der Waals surface area contributed by atoms with Crippen molar-refractivity contribution in [2.75, 3.05) is 0 Å². The minimum absolute atomic E-state index is 0.0918. The number of hydrogen-bond acceptors (Lipinski definition) is 5. The molecule has 2 heterocycles. The van der Waals surface area contributed by atoms with Gasteiger partial charge < -0.3 is 10.1 Å². The number of aromatic carboxylic acids is 1. The van der Waals surface area contributed by atoms with Gasteiger partial charge in [0.05, 0.1) is 5.56 Å². The van der Waals surface area contributed by atoms with E-state index in [1.54, 1.807) is 13.0 Å². The van der Waals surface area contributed by atoms with E-state index in [0.29, 0.717) is 28.0 Å². The molecule has 21 heavy (non-hydrogen) atoms. The number of carboxylic acids is 1. The molecule has 0 radical (unpaired) electrons. The molecule has 0 fully saturated rings. The summed E-state index contributed by atoms with van der Waals surface area (Å²) in [7, 11) is 0. The van der Waals surface area contributed by atoms with Crippen LogP contribution in [0.3, 0.4) is 0 Å². The topological polar surface area (TPSA) is 95.9 Å². The van der Waals surface area contributed by atoms with E-state index in [2.05, 4.69) is 15.0 Å². The first kappa shape index (κ1) is 15.2. The first-order valence-corrected chi connectivity index (χ1v) is 7.30. The van der Waals surface area contributed by atoms with Gasteiger partial charge in [0, 0.05) is 17.5 Å². The number of H-pyrrole nitrogens is 1. The van der Waals surface area contributed by atoms with E-state index in [9.17, 15) is 14.7 Å². The summed E-state index contributed by atoms with van der Waals surface area (Å²) >= 11 is 1.05. The number of nitrogens with zero attached hydrogens (tertiary/aromatic N) is 2. The highest BCUT2D eigenvalue weighted by atomic mass is 32.2. The summed E-state index contributed by atoms with van der Waals surface area (Å²) < 4.78 is 0. The van der Waals surface area contributed by atoms with Crippen molar-refractivity contribution in [2.45, 2.75) is 36.9 Å².